The zero-order chi connectivity index (χ0) is 19.6. The van der Waals surface area contributed by atoms with Crippen LogP contribution in [0.4, 0.5) is 5.69 Å². The average molecular weight is 498 g/mol. The Hall–Kier alpha value is -1.65. The molecule has 3 aromatic rings. The summed E-state index contributed by atoms with van der Waals surface area (Å²) in [5.74, 6) is 0.894. The molecule has 6 nitrogen and oxygen atoms in total. The summed E-state index contributed by atoms with van der Waals surface area (Å²) in [6, 6.07) is 13.3. The second kappa shape index (κ2) is 8.15. The lowest BCUT2D eigenvalue weighted by Crippen LogP contribution is -2.22. The molecule has 2 aromatic carbocycles. The summed E-state index contributed by atoms with van der Waals surface area (Å²) < 4.78 is 29.4. The first kappa shape index (κ1) is 20.1. The van der Waals surface area contributed by atoms with Crippen molar-refractivity contribution in [1.29, 1.82) is 0 Å². The third-order valence-electron chi connectivity index (χ3n) is 4.34. The Morgan fingerprint density at radius 1 is 1.19 bits per heavy atom. The SMILES string of the molecule is CCCn1c(CNc2ccccc2I)nc2cc(S(=O)(=O)N(C)C)ccc21. The van der Waals surface area contributed by atoms with E-state index in [0.717, 1.165) is 33.6 Å². The molecule has 27 heavy (non-hydrogen) atoms. The molecular weight excluding hydrogens is 475 g/mol. The van der Waals surface area contributed by atoms with Crippen molar-refractivity contribution in [2.75, 3.05) is 19.4 Å². The number of nitrogens with zero attached hydrogens (tertiary/aromatic N) is 3. The van der Waals surface area contributed by atoms with Gasteiger partial charge in [0.1, 0.15) is 5.82 Å². The summed E-state index contributed by atoms with van der Waals surface area (Å²) in [6.07, 6.45) is 0.971. The van der Waals surface area contributed by atoms with E-state index in [1.54, 1.807) is 12.1 Å². The van der Waals surface area contributed by atoms with E-state index in [0.29, 0.717) is 12.1 Å². The van der Waals surface area contributed by atoms with E-state index >= 15 is 0 Å². The first-order valence-electron chi connectivity index (χ1n) is 8.74. The van der Waals surface area contributed by atoms with Crippen LogP contribution in [0.2, 0.25) is 0 Å². The monoisotopic (exact) mass is 498 g/mol. The highest BCUT2D eigenvalue weighted by Crippen LogP contribution is 2.24. The molecule has 0 atom stereocenters. The van der Waals surface area contributed by atoms with E-state index in [2.05, 4.69) is 45.5 Å². The molecule has 8 heteroatoms. The number of aryl methyl sites for hydroxylation is 1. The lowest BCUT2D eigenvalue weighted by atomic mass is 10.3. The molecule has 0 spiro atoms. The molecule has 1 aromatic heterocycles. The summed E-state index contributed by atoms with van der Waals surface area (Å²) in [6.45, 7) is 3.53. The van der Waals surface area contributed by atoms with E-state index < -0.39 is 10.0 Å². The van der Waals surface area contributed by atoms with Gasteiger partial charge in [0.05, 0.1) is 22.5 Å². The van der Waals surface area contributed by atoms with Crippen molar-refractivity contribution < 1.29 is 8.42 Å². The Bertz CT molecular complexity index is 1060. The van der Waals surface area contributed by atoms with Crippen LogP contribution < -0.4 is 5.32 Å². The van der Waals surface area contributed by atoms with Crippen LogP contribution >= 0.6 is 22.6 Å². The maximum absolute atomic E-state index is 12.4. The first-order valence-corrected chi connectivity index (χ1v) is 11.3. The number of nitrogens with one attached hydrogen (secondary N) is 1. The highest BCUT2D eigenvalue weighted by Gasteiger charge is 2.19. The third kappa shape index (κ3) is 4.12. The molecule has 144 valence electrons. The topological polar surface area (TPSA) is 67.2 Å². The Balaban J connectivity index is 1.99. The zero-order valence-corrected chi connectivity index (χ0v) is 18.6. The van der Waals surface area contributed by atoms with Crippen molar-refractivity contribution in [2.24, 2.45) is 0 Å². The van der Waals surface area contributed by atoms with Gasteiger partial charge in [0.25, 0.3) is 0 Å². The summed E-state index contributed by atoms with van der Waals surface area (Å²) in [5, 5.41) is 3.43. The molecular formula is C19H23IN4O2S. The number of benzene rings is 2. The van der Waals surface area contributed by atoms with Crippen LogP contribution in [0.15, 0.2) is 47.4 Å². The maximum atomic E-state index is 12.4. The number of aromatic nitrogens is 2. The summed E-state index contributed by atoms with van der Waals surface area (Å²) in [5.41, 5.74) is 2.71. The van der Waals surface area contributed by atoms with Crippen LogP contribution in [0, 0.1) is 3.57 Å². The standard InChI is InChI=1S/C19H23IN4O2S/c1-4-11-24-18-10-9-14(27(25,26)23(2)3)12-17(18)22-19(24)13-21-16-8-6-5-7-15(16)20/h5-10,12,21H,4,11,13H2,1-3H3. The number of hydrogen-bond acceptors (Lipinski definition) is 4. The number of anilines is 1. The molecule has 0 amide bonds. The summed E-state index contributed by atoms with van der Waals surface area (Å²) in [7, 11) is -0.410. The summed E-state index contributed by atoms with van der Waals surface area (Å²) >= 11 is 2.30. The van der Waals surface area contributed by atoms with Gasteiger partial charge >= 0.3 is 0 Å². The van der Waals surface area contributed by atoms with Crippen LogP contribution in [0.1, 0.15) is 19.2 Å². The minimum absolute atomic E-state index is 0.262. The molecule has 0 aliphatic rings. The van der Waals surface area contributed by atoms with Gasteiger partial charge < -0.3 is 9.88 Å². The largest absolute Gasteiger partial charge is 0.377 e. The Kier molecular flexibility index (Phi) is 6.07. The predicted molar refractivity (Wildman–Crippen MR) is 117 cm³/mol. The average Bonchev–Trinajstić information content (AvgIpc) is 2.98. The smallest absolute Gasteiger partial charge is 0.242 e. The van der Waals surface area contributed by atoms with Gasteiger partial charge in [-0.3, -0.25) is 0 Å². The highest BCUT2D eigenvalue weighted by atomic mass is 127. The Labute approximate surface area is 173 Å². The van der Waals surface area contributed by atoms with Gasteiger partial charge in [0, 0.05) is 29.9 Å². The molecule has 1 N–H and O–H groups in total. The van der Waals surface area contributed by atoms with Crippen molar-refractivity contribution in [2.45, 2.75) is 31.3 Å². The van der Waals surface area contributed by atoms with Crippen molar-refractivity contribution in [3.63, 3.8) is 0 Å². The molecule has 0 aliphatic heterocycles. The van der Waals surface area contributed by atoms with Crippen LogP contribution in [0.25, 0.3) is 11.0 Å². The maximum Gasteiger partial charge on any atom is 0.242 e. The van der Waals surface area contributed by atoms with Crippen molar-refractivity contribution in [1.82, 2.24) is 13.9 Å². The fraction of sp³-hybridized carbons (Fsp3) is 0.316. The van der Waals surface area contributed by atoms with Crippen LogP contribution in [-0.2, 0) is 23.1 Å². The summed E-state index contributed by atoms with van der Waals surface area (Å²) in [4.78, 5) is 4.99. The molecule has 1 heterocycles. The van der Waals surface area contributed by atoms with E-state index in [-0.39, 0.29) is 4.90 Å². The molecule has 0 aliphatic carbocycles. The highest BCUT2D eigenvalue weighted by molar-refractivity contribution is 14.1. The van der Waals surface area contributed by atoms with Gasteiger partial charge in [0.15, 0.2) is 0 Å². The molecule has 0 radical (unpaired) electrons. The molecule has 0 unspecified atom stereocenters. The van der Waals surface area contributed by atoms with E-state index in [1.807, 2.05) is 24.3 Å². The van der Waals surface area contributed by atoms with Crippen LogP contribution in [0.5, 0.6) is 0 Å². The zero-order valence-electron chi connectivity index (χ0n) is 15.6. The predicted octanol–water partition coefficient (Wildman–Crippen LogP) is 3.91. The first-order chi connectivity index (χ1) is 12.8. The lowest BCUT2D eigenvalue weighted by Gasteiger charge is -2.12. The van der Waals surface area contributed by atoms with Gasteiger partial charge in [-0.15, -0.1) is 0 Å². The second-order valence-electron chi connectivity index (χ2n) is 6.45. The van der Waals surface area contributed by atoms with E-state index in [9.17, 15) is 8.42 Å². The fourth-order valence-corrected chi connectivity index (χ4v) is 4.42. The molecule has 0 fully saturated rings. The molecule has 0 saturated carbocycles. The number of halogens is 1. The Morgan fingerprint density at radius 2 is 1.93 bits per heavy atom. The third-order valence-corrected chi connectivity index (χ3v) is 7.09. The van der Waals surface area contributed by atoms with Gasteiger partial charge in [0.2, 0.25) is 10.0 Å². The quantitative estimate of drug-likeness (QED) is 0.502. The van der Waals surface area contributed by atoms with E-state index in [1.165, 1.54) is 18.4 Å². The minimum atomic E-state index is -3.48. The number of fused-ring (bicyclic) bond motifs is 1. The number of para-hydroxylation sites is 1. The van der Waals surface area contributed by atoms with Gasteiger partial charge in [-0.2, -0.15) is 0 Å². The number of sulfonamides is 1. The lowest BCUT2D eigenvalue weighted by molar-refractivity contribution is 0.521. The van der Waals surface area contributed by atoms with Gasteiger partial charge in [-0.1, -0.05) is 19.1 Å². The van der Waals surface area contributed by atoms with Crippen LogP contribution in [0.3, 0.4) is 0 Å². The van der Waals surface area contributed by atoms with Gasteiger partial charge in [-0.05, 0) is 59.3 Å². The normalized spacial score (nSPS) is 12.0. The van der Waals surface area contributed by atoms with Crippen LogP contribution in [-0.4, -0.2) is 36.4 Å². The van der Waals surface area contributed by atoms with Crippen molar-refractivity contribution in [3.05, 3.63) is 51.9 Å². The minimum Gasteiger partial charge on any atom is -0.377 e. The number of rotatable bonds is 7. The number of hydrogen-bond donors (Lipinski definition) is 1. The Morgan fingerprint density at radius 3 is 2.59 bits per heavy atom. The second-order valence-corrected chi connectivity index (χ2v) is 9.77. The molecule has 0 saturated heterocycles. The number of imidazole rings is 1. The van der Waals surface area contributed by atoms with Gasteiger partial charge in [-0.25, -0.2) is 17.7 Å². The van der Waals surface area contributed by atoms with E-state index in [4.69, 9.17) is 4.98 Å². The molecule has 0 bridgehead atoms. The van der Waals surface area contributed by atoms with Crippen molar-refractivity contribution in [3.8, 4) is 0 Å². The van der Waals surface area contributed by atoms with Crippen molar-refractivity contribution >= 4 is 49.3 Å². The molecule has 3 rings (SSSR count). The fourth-order valence-electron chi connectivity index (χ4n) is 2.92.